The molecular formula is C18H32FIN4. The van der Waals surface area contributed by atoms with Crippen LogP contribution in [-0.2, 0) is 6.54 Å². The molecule has 1 aromatic rings. The van der Waals surface area contributed by atoms with E-state index in [2.05, 4.69) is 41.3 Å². The number of hydrogen-bond donors (Lipinski definition) is 2. The largest absolute Gasteiger partial charge is 0.354 e. The van der Waals surface area contributed by atoms with Crippen molar-refractivity contribution in [3.8, 4) is 0 Å². The molecule has 0 aliphatic rings. The molecule has 1 rings (SSSR count). The van der Waals surface area contributed by atoms with Gasteiger partial charge in [0.2, 0.25) is 0 Å². The highest BCUT2D eigenvalue weighted by Gasteiger charge is 2.07. The molecule has 1 atom stereocenters. The fourth-order valence-corrected chi connectivity index (χ4v) is 2.48. The molecule has 1 unspecified atom stereocenters. The number of rotatable bonds is 9. The summed E-state index contributed by atoms with van der Waals surface area (Å²) in [7, 11) is 1.74. The van der Waals surface area contributed by atoms with E-state index in [0.717, 1.165) is 32.5 Å². The predicted octanol–water partition coefficient (Wildman–Crippen LogP) is 3.62. The summed E-state index contributed by atoms with van der Waals surface area (Å²) in [5, 5.41) is 6.53. The Balaban J connectivity index is 0.00000529. The molecule has 0 aliphatic carbocycles. The fourth-order valence-electron chi connectivity index (χ4n) is 2.48. The van der Waals surface area contributed by atoms with Gasteiger partial charge in [0.15, 0.2) is 5.96 Å². The van der Waals surface area contributed by atoms with Crippen LogP contribution in [-0.4, -0.2) is 43.6 Å². The molecule has 0 saturated carbocycles. The Labute approximate surface area is 163 Å². The third-order valence-corrected chi connectivity index (χ3v) is 4.02. The molecule has 0 amide bonds. The topological polar surface area (TPSA) is 39.7 Å². The maximum Gasteiger partial charge on any atom is 0.191 e. The molecule has 0 bridgehead atoms. The quantitative estimate of drug-likeness (QED) is 0.343. The second kappa shape index (κ2) is 13.4. The summed E-state index contributed by atoms with van der Waals surface area (Å²) in [6, 6.07) is 7.12. The number of nitrogens with zero attached hydrogens (tertiary/aromatic N) is 2. The number of guanidine groups is 1. The van der Waals surface area contributed by atoms with Crippen LogP contribution in [0.5, 0.6) is 0 Å². The van der Waals surface area contributed by atoms with Gasteiger partial charge in [-0.2, -0.15) is 0 Å². The van der Waals surface area contributed by atoms with Crippen LogP contribution in [0.2, 0.25) is 0 Å². The lowest BCUT2D eigenvalue weighted by molar-refractivity contribution is 0.292. The molecular weight excluding hydrogens is 418 g/mol. The Hall–Kier alpha value is -0.890. The average molecular weight is 450 g/mol. The molecule has 0 aliphatic heterocycles. The van der Waals surface area contributed by atoms with E-state index in [0.29, 0.717) is 24.1 Å². The summed E-state index contributed by atoms with van der Waals surface area (Å²) in [6.07, 6.45) is 2.23. The van der Waals surface area contributed by atoms with Crippen LogP contribution in [0.1, 0.15) is 39.2 Å². The van der Waals surface area contributed by atoms with Crippen molar-refractivity contribution in [3.05, 3.63) is 35.6 Å². The van der Waals surface area contributed by atoms with Gasteiger partial charge in [0, 0.05) is 25.2 Å². The zero-order valence-electron chi connectivity index (χ0n) is 15.3. The first-order valence-corrected chi connectivity index (χ1v) is 8.53. The van der Waals surface area contributed by atoms with Crippen LogP contribution in [0.3, 0.4) is 0 Å². The number of benzene rings is 1. The summed E-state index contributed by atoms with van der Waals surface area (Å²) < 4.78 is 13.6. The second-order valence-electron chi connectivity index (χ2n) is 5.73. The summed E-state index contributed by atoms with van der Waals surface area (Å²) >= 11 is 0. The molecule has 4 nitrogen and oxygen atoms in total. The van der Waals surface area contributed by atoms with Crippen LogP contribution in [0.25, 0.3) is 0 Å². The van der Waals surface area contributed by atoms with Crippen molar-refractivity contribution in [2.24, 2.45) is 4.99 Å². The summed E-state index contributed by atoms with van der Waals surface area (Å²) in [4.78, 5) is 6.64. The lowest BCUT2D eigenvalue weighted by Gasteiger charge is -2.21. The van der Waals surface area contributed by atoms with E-state index in [9.17, 15) is 4.39 Å². The van der Waals surface area contributed by atoms with Gasteiger partial charge in [-0.3, -0.25) is 4.99 Å². The van der Waals surface area contributed by atoms with Gasteiger partial charge in [0.05, 0.1) is 0 Å². The molecule has 6 heteroatoms. The van der Waals surface area contributed by atoms with Gasteiger partial charge in [-0.1, -0.05) is 32.0 Å². The minimum absolute atomic E-state index is 0. The number of hydrogen-bond acceptors (Lipinski definition) is 2. The molecule has 1 aromatic carbocycles. The van der Waals surface area contributed by atoms with E-state index < -0.39 is 0 Å². The Morgan fingerprint density at radius 3 is 2.50 bits per heavy atom. The van der Waals surface area contributed by atoms with E-state index >= 15 is 0 Å². The van der Waals surface area contributed by atoms with Gasteiger partial charge in [0.25, 0.3) is 0 Å². The van der Waals surface area contributed by atoms with Crippen molar-refractivity contribution in [1.82, 2.24) is 15.5 Å². The van der Waals surface area contributed by atoms with Crippen molar-refractivity contribution < 1.29 is 4.39 Å². The van der Waals surface area contributed by atoms with Gasteiger partial charge in [0.1, 0.15) is 5.82 Å². The van der Waals surface area contributed by atoms with Crippen LogP contribution in [0.4, 0.5) is 4.39 Å². The minimum Gasteiger partial charge on any atom is -0.354 e. The molecule has 2 N–H and O–H groups in total. The first-order valence-electron chi connectivity index (χ1n) is 8.53. The summed E-state index contributed by atoms with van der Waals surface area (Å²) in [6.45, 7) is 10.3. The van der Waals surface area contributed by atoms with Crippen molar-refractivity contribution >= 4 is 29.9 Å². The number of nitrogens with one attached hydrogen (secondary N) is 2. The highest BCUT2D eigenvalue weighted by Crippen LogP contribution is 2.05. The summed E-state index contributed by atoms with van der Waals surface area (Å²) in [5.74, 6) is 0.520. The third-order valence-electron chi connectivity index (χ3n) is 4.02. The van der Waals surface area contributed by atoms with E-state index in [4.69, 9.17) is 0 Å². The second-order valence-corrected chi connectivity index (χ2v) is 5.73. The monoisotopic (exact) mass is 450 g/mol. The van der Waals surface area contributed by atoms with E-state index in [1.807, 2.05) is 6.07 Å². The minimum atomic E-state index is -0.192. The predicted molar refractivity (Wildman–Crippen MR) is 112 cm³/mol. The molecule has 0 fully saturated rings. The van der Waals surface area contributed by atoms with Crippen molar-refractivity contribution in [1.29, 1.82) is 0 Å². The Bertz CT molecular complexity index is 478. The van der Waals surface area contributed by atoms with Crippen LogP contribution in [0.15, 0.2) is 29.3 Å². The smallest absolute Gasteiger partial charge is 0.191 e. The maximum absolute atomic E-state index is 13.6. The molecule has 24 heavy (non-hydrogen) atoms. The highest BCUT2D eigenvalue weighted by atomic mass is 127. The maximum atomic E-state index is 13.6. The molecule has 0 saturated heterocycles. The lowest BCUT2D eigenvalue weighted by atomic mass is 10.2. The van der Waals surface area contributed by atoms with Gasteiger partial charge >= 0.3 is 0 Å². The Kier molecular flexibility index (Phi) is 12.9. The third kappa shape index (κ3) is 8.82. The molecule has 138 valence electrons. The van der Waals surface area contributed by atoms with Gasteiger partial charge in [-0.15, -0.1) is 24.0 Å². The van der Waals surface area contributed by atoms with Crippen molar-refractivity contribution in [2.75, 3.05) is 26.7 Å². The Morgan fingerprint density at radius 2 is 1.92 bits per heavy atom. The first kappa shape index (κ1) is 23.1. The molecule has 0 spiro atoms. The van der Waals surface area contributed by atoms with E-state index in [-0.39, 0.29) is 29.8 Å². The SMILES string of the molecule is CCN(CC)CCCC(C)NC(=NC)NCc1ccccc1F.I. The Morgan fingerprint density at radius 1 is 1.25 bits per heavy atom. The highest BCUT2D eigenvalue weighted by molar-refractivity contribution is 14.0. The summed E-state index contributed by atoms with van der Waals surface area (Å²) in [5.41, 5.74) is 0.643. The molecule has 0 aromatic heterocycles. The van der Waals surface area contributed by atoms with Gasteiger partial charge < -0.3 is 15.5 Å². The van der Waals surface area contributed by atoms with Crippen LogP contribution in [0, 0.1) is 5.82 Å². The fraction of sp³-hybridized carbons (Fsp3) is 0.611. The number of aliphatic imine (C=N–C) groups is 1. The normalized spacial score (nSPS) is 12.7. The lowest BCUT2D eigenvalue weighted by Crippen LogP contribution is -2.42. The standard InChI is InChI=1S/C18H31FN4.HI/c1-5-23(6-2)13-9-10-15(3)22-18(20-4)21-14-16-11-7-8-12-17(16)19;/h7-8,11-12,15H,5-6,9-10,13-14H2,1-4H3,(H2,20,21,22);1H. The zero-order chi connectivity index (χ0) is 17.1. The van der Waals surface area contributed by atoms with Crippen molar-refractivity contribution in [3.63, 3.8) is 0 Å². The first-order chi connectivity index (χ1) is 11.1. The van der Waals surface area contributed by atoms with Crippen LogP contribution >= 0.6 is 24.0 Å². The van der Waals surface area contributed by atoms with Crippen molar-refractivity contribution in [2.45, 2.75) is 46.2 Å². The van der Waals surface area contributed by atoms with E-state index in [1.165, 1.54) is 6.07 Å². The zero-order valence-corrected chi connectivity index (χ0v) is 17.6. The molecule has 0 radical (unpaired) electrons. The van der Waals surface area contributed by atoms with E-state index in [1.54, 1.807) is 19.2 Å². The average Bonchev–Trinajstić information content (AvgIpc) is 2.56. The van der Waals surface area contributed by atoms with Crippen LogP contribution < -0.4 is 10.6 Å². The van der Waals surface area contributed by atoms with Gasteiger partial charge in [-0.05, 0) is 45.5 Å². The number of halogens is 2. The van der Waals surface area contributed by atoms with Gasteiger partial charge in [-0.25, -0.2) is 4.39 Å². The molecule has 0 heterocycles.